The van der Waals surface area contributed by atoms with Crippen molar-refractivity contribution >= 4 is 40.7 Å². The quantitative estimate of drug-likeness (QED) is 0.500. The van der Waals surface area contributed by atoms with Gasteiger partial charge in [0.05, 0.1) is 16.4 Å². The van der Waals surface area contributed by atoms with Crippen molar-refractivity contribution in [1.29, 1.82) is 0 Å². The summed E-state index contributed by atoms with van der Waals surface area (Å²) < 4.78 is 1.74. The monoisotopic (exact) mass is 476 g/mol. The van der Waals surface area contributed by atoms with E-state index in [2.05, 4.69) is 10.5 Å². The van der Waals surface area contributed by atoms with E-state index in [0.29, 0.717) is 32.9 Å². The molecular weight excluding hydrogens is 455 g/mol. The second-order valence-electron chi connectivity index (χ2n) is 7.72. The van der Waals surface area contributed by atoms with Gasteiger partial charge in [-0.1, -0.05) is 53.4 Å². The predicted octanol–water partition coefficient (Wildman–Crippen LogP) is 5.86. The summed E-state index contributed by atoms with van der Waals surface area (Å²) in [7, 11) is 0. The lowest BCUT2D eigenvalue weighted by atomic mass is 10.1. The normalized spacial score (nSPS) is 14.6. The van der Waals surface area contributed by atoms with Crippen LogP contribution in [0, 0.1) is 6.92 Å². The molecule has 0 unspecified atom stereocenters. The van der Waals surface area contributed by atoms with Crippen molar-refractivity contribution in [2.75, 3.05) is 13.1 Å². The van der Waals surface area contributed by atoms with Gasteiger partial charge in [-0.2, -0.15) is 5.10 Å². The first-order valence-corrected chi connectivity index (χ1v) is 11.4. The minimum atomic E-state index is -0.208. The van der Waals surface area contributed by atoms with Gasteiger partial charge in [-0.05, 0) is 55.7 Å². The highest BCUT2D eigenvalue weighted by Gasteiger charge is 2.24. The largest absolute Gasteiger partial charge is 0.286 e. The Hall–Kier alpha value is -2.05. The molecule has 1 aliphatic heterocycles. The fraction of sp³-hybridized carbons (Fsp3) is 0.304. The maximum absolute atomic E-state index is 13.1. The highest BCUT2D eigenvalue weighted by atomic mass is 35.5. The number of amides is 1. The van der Waals surface area contributed by atoms with Crippen LogP contribution in [0.15, 0.2) is 42.5 Å². The molecule has 2 heterocycles. The van der Waals surface area contributed by atoms with Gasteiger partial charge in [0, 0.05) is 35.1 Å². The third kappa shape index (κ3) is 5.07. The van der Waals surface area contributed by atoms with Crippen LogP contribution in [-0.2, 0) is 6.42 Å². The molecule has 0 saturated carbocycles. The Bertz CT molecular complexity index is 1090. The number of nitrogens with zero attached hydrogens (tertiary/aromatic N) is 3. The molecule has 162 valence electrons. The molecule has 1 fully saturated rings. The number of hydrazine groups is 1. The Morgan fingerprint density at radius 2 is 1.68 bits per heavy atom. The Balaban J connectivity index is 1.73. The van der Waals surface area contributed by atoms with E-state index in [1.165, 1.54) is 6.42 Å². The van der Waals surface area contributed by atoms with Gasteiger partial charge in [-0.3, -0.25) is 10.2 Å². The molecule has 1 saturated heterocycles. The fourth-order valence-electron chi connectivity index (χ4n) is 3.80. The van der Waals surface area contributed by atoms with Gasteiger partial charge in [0.15, 0.2) is 5.69 Å². The average molecular weight is 478 g/mol. The summed E-state index contributed by atoms with van der Waals surface area (Å²) in [5, 5.41) is 8.33. The molecule has 1 aliphatic rings. The van der Waals surface area contributed by atoms with Crippen LogP contribution >= 0.6 is 34.8 Å². The molecule has 8 heteroatoms. The summed E-state index contributed by atoms with van der Waals surface area (Å²) in [5.74, 6) is -0.208. The van der Waals surface area contributed by atoms with E-state index in [4.69, 9.17) is 34.8 Å². The Morgan fingerprint density at radius 1 is 1.00 bits per heavy atom. The van der Waals surface area contributed by atoms with Crippen LogP contribution < -0.4 is 5.43 Å². The number of nitrogens with one attached hydrogen (secondary N) is 1. The summed E-state index contributed by atoms with van der Waals surface area (Å²) in [4.78, 5) is 13.1. The first kappa shape index (κ1) is 22.2. The topological polar surface area (TPSA) is 50.2 Å². The van der Waals surface area contributed by atoms with Crippen LogP contribution in [0.1, 0.15) is 46.6 Å². The van der Waals surface area contributed by atoms with E-state index in [1.807, 2.05) is 42.3 Å². The number of rotatable bonds is 5. The smallest absolute Gasteiger partial charge is 0.283 e. The van der Waals surface area contributed by atoms with E-state index in [9.17, 15) is 4.79 Å². The van der Waals surface area contributed by atoms with Crippen LogP contribution in [-0.4, -0.2) is 33.8 Å². The van der Waals surface area contributed by atoms with Gasteiger partial charge in [0.2, 0.25) is 0 Å². The van der Waals surface area contributed by atoms with Crippen molar-refractivity contribution in [1.82, 2.24) is 20.2 Å². The average Bonchev–Trinajstić information content (AvgIpc) is 3.06. The lowest BCUT2D eigenvalue weighted by molar-refractivity contribution is 0.0743. The van der Waals surface area contributed by atoms with Crippen LogP contribution in [0.4, 0.5) is 0 Å². The van der Waals surface area contributed by atoms with E-state index in [-0.39, 0.29) is 5.91 Å². The zero-order chi connectivity index (χ0) is 22.0. The zero-order valence-electron chi connectivity index (χ0n) is 17.2. The van der Waals surface area contributed by atoms with Crippen LogP contribution in [0.5, 0.6) is 0 Å². The standard InChI is InChI=1S/C23H23Cl3N4O/c1-15-21(13-16-5-7-17(24)8-6-16)30(20-10-9-18(25)14-19(20)26)27-22(15)23(31)28-29-11-3-2-4-12-29/h5-10,14H,2-4,11-13H2,1H3,(H,28,31). The summed E-state index contributed by atoms with van der Waals surface area (Å²) in [6.45, 7) is 3.63. The fourth-order valence-corrected chi connectivity index (χ4v) is 4.42. The van der Waals surface area contributed by atoms with E-state index in [1.54, 1.807) is 16.8 Å². The first-order valence-electron chi connectivity index (χ1n) is 10.3. The molecule has 0 spiro atoms. The molecule has 3 aromatic rings. The highest BCUT2D eigenvalue weighted by Crippen LogP contribution is 2.28. The van der Waals surface area contributed by atoms with E-state index in [0.717, 1.165) is 42.8 Å². The molecule has 5 nitrogen and oxygen atoms in total. The second kappa shape index (κ2) is 9.61. The molecule has 0 bridgehead atoms. The Morgan fingerprint density at radius 3 is 2.35 bits per heavy atom. The van der Waals surface area contributed by atoms with Gasteiger partial charge in [-0.25, -0.2) is 9.69 Å². The van der Waals surface area contributed by atoms with Crippen LogP contribution in [0.3, 0.4) is 0 Å². The molecule has 0 atom stereocenters. The molecule has 1 aromatic heterocycles. The molecular formula is C23H23Cl3N4O. The van der Waals surface area contributed by atoms with E-state index >= 15 is 0 Å². The highest BCUT2D eigenvalue weighted by molar-refractivity contribution is 6.35. The maximum Gasteiger partial charge on any atom is 0.286 e. The predicted molar refractivity (Wildman–Crippen MR) is 125 cm³/mol. The maximum atomic E-state index is 13.1. The number of carbonyl (C=O) groups excluding carboxylic acids is 1. The van der Waals surface area contributed by atoms with Crippen molar-refractivity contribution < 1.29 is 4.79 Å². The number of hydrogen-bond acceptors (Lipinski definition) is 3. The van der Waals surface area contributed by atoms with Crippen molar-refractivity contribution in [3.05, 3.63) is 80.0 Å². The van der Waals surface area contributed by atoms with Gasteiger partial charge in [0.1, 0.15) is 0 Å². The summed E-state index contributed by atoms with van der Waals surface area (Å²) >= 11 is 18.6. The molecule has 31 heavy (non-hydrogen) atoms. The number of hydrogen-bond donors (Lipinski definition) is 1. The molecule has 1 amide bonds. The minimum absolute atomic E-state index is 0.208. The number of benzene rings is 2. The van der Waals surface area contributed by atoms with Gasteiger partial charge < -0.3 is 0 Å². The first-order chi connectivity index (χ1) is 14.9. The molecule has 1 N–H and O–H groups in total. The van der Waals surface area contributed by atoms with Crippen molar-refractivity contribution in [2.24, 2.45) is 0 Å². The molecule has 4 rings (SSSR count). The summed E-state index contributed by atoms with van der Waals surface area (Å²) in [5.41, 5.74) is 6.83. The molecule has 0 aliphatic carbocycles. The third-order valence-corrected chi connectivity index (χ3v) is 6.29. The number of aromatic nitrogens is 2. The van der Waals surface area contributed by atoms with Crippen molar-refractivity contribution in [2.45, 2.75) is 32.6 Å². The van der Waals surface area contributed by atoms with E-state index < -0.39 is 0 Å². The van der Waals surface area contributed by atoms with Gasteiger partial charge >= 0.3 is 0 Å². The van der Waals surface area contributed by atoms with Crippen molar-refractivity contribution in [3.63, 3.8) is 0 Å². The van der Waals surface area contributed by atoms with Crippen LogP contribution in [0.25, 0.3) is 5.69 Å². The number of carbonyl (C=O) groups is 1. The zero-order valence-corrected chi connectivity index (χ0v) is 19.4. The van der Waals surface area contributed by atoms with Crippen LogP contribution in [0.2, 0.25) is 15.1 Å². The third-order valence-electron chi connectivity index (χ3n) is 5.50. The van der Waals surface area contributed by atoms with Gasteiger partial charge in [0.25, 0.3) is 5.91 Å². The minimum Gasteiger partial charge on any atom is -0.283 e. The Kier molecular flexibility index (Phi) is 6.87. The molecule has 0 radical (unpaired) electrons. The molecule has 2 aromatic carbocycles. The number of piperidine rings is 1. The SMILES string of the molecule is Cc1c(C(=O)NN2CCCCC2)nn(-c2ccc(Cl)cc2Cl)c1Cc1ccc(Cl)cc1. The summed E-state index contributed by atoms with van der Waals surface area (Å²) in [6.07, 6.45) is 3.93. The lowest BCUT2D eigenvalue weighted by Crippen LogP contribution is -2.45. The lowest BCUT2D eigenvalue weighted by Gasteiger charge is -2.26. The Labute approximate surface area is 196 Å². The number of halogens is 3. The second-order valence-corrected chi connectivity index (χ2v) is 9.00. The van der Waals surface area contributed by atoms with Crippen molar-refractivity contribution in [3.8, 4) is 5.69 Å². The van der Waals surface area contributed by atoms with Gasteiger partial charge in [-0.15, -0.1) is 0 Å². The summed E-state index contributed by atoms with van der Waals surface area (Å²) in [6, 6.07) is 12.9.